The molecule has 0 aliphatic rings. The van der Waals surface area contributed by atoms with Gasteiger partial charge in [0.05, 0.1) is 11.1 Å². The van der Waals surface area contributed by atoms with E-state index in [0.717, 1.165) is 22.8 Å². The highest BCUT2D eigenvalue weighted by Crippen LogP contribution is 2.17. The maximum absolute atomic E-state index is 10.2. The summed E-state index contributed by atoms with van der Waals surface area (Å²) < 4.78 is 2.01. The van der Waals surface area contributed by atoms with E-state index in [-0.39, 0.29) is 0 Å². The van der Waals surface area contributed by atoms with Gasteiger partial charge >= 0.3 is 0 Å². The molecule has 1 aromatic carbocycles. The molecular formula is C15H19ClN2O. The minimum atomic E-state index is -0.470. The van der Waals surface area contributed by atoms with E-state index in [2.05, 4.69) is 4.90 Å². The van der Waals surface area contributed by atoms with E-state index >= 15 is 0 Å². The van der Waals surface area contributed by atoms with Gasteiger partial charge in [-0.1, -0.05) is 41.9 Å². The van der Waals surface area contributed by atoms with Gasteiger partial charge in [0.2, 0.25) is 0 Å². The van der Waals surface area contributed by atoms with Gasteiger partial charge in [-0.2, -0.15) is 0 Å². The second kappa shape index (κ2) is 6.24. The molecule has 19 heavy (non-hydrogen) atoms. The quantitative estimate of drug-likeness (QED) is 0.911. The zero-order valence-corrected chi connectivity index (χ0v) is 12.0. The summed E-state index contributed by atoms with van der Waals surface area (Å²) in [6.07, 6.45) is 1.42. The van der Waals surface area contributed by atoms with Crippen molar-refractivity contribution in [3.63, 3.8) is 0 Å². The molecule has 1 aromatic heterocycles. The summed E-state index contributed by atoms with van der Waals surface area (Å²) in [7, 11) is 3.97. The highest BCUT2D eigenvalue weighted by molar-refractivity contribution is 6.30. The van der Waals surface area contributed by atoms with Crippen LogP contribution in [-0.4, -0.2) is 28.2 Å². The van der Waals surface area contributed by atoms with Crippen LogP contribution in [0.5, 0.6) is 0 Å². The predicted octanol–water partition coefficient (Wildman–Crippen LogP) is 2.84. The number of halogens is 1. The molecule has 2 aromatic rings. The SMILES string of the molecule is CN(Cc1cc(Cl)cn1C)CC(O)c1ccccc1. The second-order valence-corrected chi connectivity index (χ2v) is 5.32. The van der Waals surface area contributed by atoms with E-state index in [1.165, 1.54) is 0 Å². The molecule has 0 radical (unpaired) electrons. The normalized spacial score (nSPS) is 12.9. The van der Waals surface area contributed by atoms with Crippen LogP contribution < -0.4 is 0 Å². The molecule has 1 N–H and O–H groups in total. The Balaban J connectivity index is 1.94. The highest BCUT2D eigenvalue weighted by Gasteiger charge is 2.12. The molecule has 0 aliphatic carbocycles. The predicted molar refractivity (Wildman–Crippen MR) is 78.2 cm³/mol. The van der Waals surface area contributed by atoms with Crippen LogP contribution in [0.4, 0.5) is 0 Å². The first-order valence-corrected chi connectivity index (χ1v) is 6.66. The van der Waals surface area contributed by atoms with Crippen molar-refractivity contribution in [2.45, 2.75) is 12.6 Å². The molecular weight excluding hydrogens is 260 g/mol. The summed E-state index contributed by atoms with van der Waals surface area (Å²) in [5.74, 6) is 0. The third kappa shape index (κ3) is 3.83. The number of hydrogen-bond acceptors (Lipinski definition) is 2. The maximum atomic E-state index is 10.2. The Morgan fingerprint density at radius 3 is 2.58 bits per heavy atom. The monoisotopic (exact) mass is 278 g/mol. The molecule has 0 aliphatic heterocycles. The molecule has 0 fully saturated rings. The first-order valence-electron chi connectivity index (χ1n) is 6.28. The topological polar surface area (TPSA) is 28.4 Å². The summed E-state index contributed by atoms with van der Waals surface area (Å²) in [6, 6.07) is 11.7. The Bertz CT molecular complexity index is 524. The molecule has 102 valence electrons. The number of rotatable bonds is 5. The lowest BCUT2D eigenvalue weighted by atomic mass is 10.1. The zero-order chi connectivity index (χ0) is 13.8. The number of aliphatic hydroxyl groups excluding tert-OH is 1. The van der Waals surface area contributed by atoms with Crippen LogP contribution in [0.1, 0.15) is 17.4 Å². The maximum Gasteiger partial charge on any atom is 0.0916 e. The van der Waals surface area contributed by atoms with Gasteiger partial charge in [0.25, 0.3) is 0 Å². The third-order valence-corrected chi connectivity index (χ3v) is 3.38. The van der Waals surface area contributed by atoms with Gasteiger partial charge in [-0.15, -0.1) is 0 Å². The molecule has 1 heterocycles. The van der Waals surface area contributed by atoms with E-state index in [1.54, 1.807) is 0 Å². The number of benzene rings is 1. The Labute approximate surface area is 119 Å². The average Bonchev–Trinajstić information content (AvgIpc) is 2.68. The molecule has 4 heteroatoms. The van der Waals surface area contributed by atoms with Crippen LogP contribution in [0, 0.1) is 0 Å². The van der Waals surface area contributed by atoms with Crippen molar-refractivity contribution in [2.75, 3.05) is 13.6 Å². The largest absolute Gasteiger partial charge is 0.387 e. The van der Waals surface area contributed by atoms with E-state index in [9.17, 15) is 5.11 Å². The average molecular weight is 279 g/mol. The van der Waals surface area contributed by atoms with E-state index in [4.69, 9.17) is 11.6 Å². The van der Waals surface area contributed by atoms with Gasteiger partial charge in [0, 0.05) is 32.0 Å². The lowest BCUT2D eigenvalue weighted by molar-refractivity contribution is 0.123. The summed E-state index contributed by atoms with van der Waals surface area (Å²) in [6.45, 7) is 1.35. The van der Waals surface area contributed by atoms with Crippen LogP contribution in [0.15, 0.2) is 42.6 Å². The number of aromatic nitrogens is 1. The number of nitrogens with zero attached hydrogens (tertiary/aromatic N) is 2. The standard InChI is InChI=1S/C15H19ClN2O/c1-17(10-14-8-13(16)9-18(14)2)11-15(19)12-6-4-3-5-7-12/h3-9,15,19H,10-11H2,1-2H3. The van der Waals surface area contributed by atoms with Crippen molar-refractivity contribution >= 4 is 11.6 Å². The van der Waals surface area contributed by atoms with Crippen LogP contribution >= 0.6 is 11.6 Å². The lowest BCUT2D eigenvalue weighted by Gasteiger charge is -2.21. The number of hydrogen-bond donors (Lipinski definition) is 1. The van der Waals surface area contributed by atoms with Crippen LogP contribution in [0.3, 0.4) is 0 Å². The van der Waals surface area contributed by atoms with Gasteiger partial charge < -0.3 is 9.67 Å². The Morgan fingerprint density at radius 1 is 1.32 bits per heavy atom. The van der Waals surface area contributed by atoms with Crippen molar-refractivity contribution in [1.82, 2.24) is 9.47 Å². The number of aliphatic hydroxyl groups is 1. The smallest absolute Gasteiger partial charge is 0.0916 e. The summed E-state index contributed by atoms with van der Waals surface area (Å²) >= 11 is 5.96. The van der Waals surface area contributed by atoms with E-state index in [0.29, 0.717) is 6.54 Å². The fourth-order valence-corrected chi connectivity index (χ4v) is 2.41. The fraction of sp³-hybridized carbons (Fsp3) is 0.333. The third-order valence-electron chi connectivity index (χ3n) is 3.18. The van der Waals surface area contributed by atoms with Gasteiger partial charge in [0.15, 0.2) is 0 Å². The molecule has 0 amide bonds. The molecule has 0 saturated heterocycles. The first kappa shape index (κ1) is 14.1. The van der Waals surface area contributed by atoms with Crippen LogP contribution in [0.2, 0.25) is 5.02 Å². The van der Waals surface area contributed by atoms with Crippen molar-refractivity contribution in [3.05, 3.63) is 58.9 Å². The molecule has 3 nitrogen and oxygen atoms in total. The molecule has 0 spiro atoms. The van der Waals surface area contributed by atoms with Crippen molar-refractivity contribution < 1.29 is 5.11 Å². The van der Waals surface area contributed by atoms with Crippen molar-refractivity contribution in [2.24, 2.45) is 7.05 Å². The molecule has 1 unspecified atom stereocenters. The number of likely N-dealkylation sites (N-methyl/N-ethyl adjacent to an activating group) is 1. The molecule has 1 atom stereocenters. The Hall–Kier alpha value is -1.29. The van der Waals surface area contributed by atoms with Gasteiger partial charge in [-0.25, -0.2) is 0 Å². The molecule has 0 bridgehead atoms. The minimum absolute atomic E-state index is 0.470. The van der Waals surface area contributed by atoms with Crippen molar-refractivity contribution in [3.8, 4) is 0 Å². The Kier molecular flexibility index (Phi) is 4.64. The fourth-order valence-electron chi connectivity index (χ4n) is 2.14. The lowest BCUT2D eigenvalue weighted by Crippen LogP contribution is -2.25. The van der Waals surface area contributed by atoms with E-state index in [1.807, 2.05) is 61.3 Å². The summed E-state index contributed by atoms with van der Waals surface area (Å²) in [4.78, 5) is 2.09. The number of aryl methyl sites for hydroxylation is 1. The van der Waals surface area contributed by atoms with E-state index < -0.39 is 6.10 Å². The Morgan fingerprint density at radius 2 is 2.00 bits per heavy atom. The zero-order valence-electron chi connectivity index (χ0n) is 11.3. The van der Waals surface area contributed by atoms with Gasteiger partial charge in [-0.05, 0) is 18.7 Å². The second-order valence-electron chi connectivity index (χ2n) is 4.88. The van der Waals surface area contributed by atoms with Gasteiger partial charge in [0.1, 0.15) is 0 Å². The summed E-state index contributed by atoms with van der Waals surface area (Å²) in [5.41, 5.74) is 2.08. The van der Waals surface area contributed by atoms with Crippen LogP contribution in [-0.2, 0) is 13.6 Å². The van der Waals surface area contributed by atoms with Crippen LogP contribution in [0.25, 0.3) is 0 Å². The highest BCUT2D eigenvalue weighted by atomic mass is 35.5. The molecule has 0 saturated carbocycles. The summed E-state index contributed by atoms with van der Waals surface area (Å²) in [5, 5.41) is 10.9. The first-order chi connectivity index (χ1) is 9.06. The molecule has 2 rings (SSSR count). The minimum Gasteiger partial charge on any atom is -0.387 e. The van der Waals surface area contributed by atoms with Crippen molar-refractivity contribution in [1.29, 1.82) is 0 Å². The van der Waals surface area contributed by atoms with Gasteiger partial charge in [-0.3, -0.25) is 4.90 Å².